The Hall–Kier alpha value is -2.13. The first-order valence-electron chi connectivity index (χ1n) is 5.76. The average molecular weight is 246 g/mol. The molecule has 3 N–H and O–H groups in total. The van der Waals surface area contributed by atoms with Crippen molar-refractivity contribution in [3.63, 3.8) is 0 Å². The van der Waals surface area contributed by atoms with Crippen LogP contribution in [0.25, 0.3) is 0 Å². The summed E-state index contributed by atoms with van der Waals surface area (Å²) in [7, 11) is 0. The average Bonchev–Trinajstić information content (AvgIpc) is 2.33. The fraction of sp³-hybridized carbons (Fsp3) is 0.417. The summed E-state index contributed by atoms with van der Waals surface area (Å²) >= 11 is 0. The van der Waals surface area contributed by atoms with Crippen LogP contribution in [-0.4, -0.2) is 17.0 Å². The number of anilines is 1. The van der Waals surface area contributed by atoms with E-state index in [9.17, 15) is 10.1 Å². The number of benzene rings is 1. The molecule has 1 aromatic rings. The number of nitrogens with one attached hydrogen (secondary N) is 1. The molecule has 6 nitrogen and oxygen atoms in total. The molecule has 94 valence electrons. The van der Waals surface area contributed by atoms with Gasteiger partial charge >= 0.3 is 5.69 Å². The van der Waals surface area contributed by atoms with Gasteiger partial charge in [0.1, 0.15) is 17.3 Å². The van der Waals surface area contributed by atoms with E-state index in [4.69, 9.17) is 11.0 Å². The molecule has 18 heavy (non-hydrogen) atoms. The van der Waals surface area contributed by atoms with Crippen molar-refractivity contribution in [3.8, 4) is 6.07 Å². The Morgan fingerprint density at radius 1 is 1.56 bits per heavy atom. The van der Waals surface area contributed by atoms with Crippen LogP contribution >= 0.6 is 0 Å². The molecule has 2 rings (SSSR count). The molecule has 0 unspecified atom stereocenters. The van der Waals surface area contributed by atoms with Crippen molar-refractivity contribution < 1.29 is 4.92 Å². The van der Waals surface area contributed by atoms with Gasteiger partial charge in [-0.2, -0.15) is 5.26 Å². The minimum atomic E-state index is -0.537. The fourth-order valence-corrected chi connectivity index (χ4v) is 2.05. The highest BCUT2D eigenvalue weighted by Crippen LogP contribution is 2.32. The summed E-state index contributed by atoms with van der Waals surface area (Å²) in [6.07, 6.45) is 2.94. The van der Waals surface area contributed by atoms with Gasteiger partial charge in [-0.05, 0) is 31.4 Å². The van der Waals surface area contributed by atoms with Gasteiger partial charge in [-0.1, -0.05) is 6.07 Å². The van der Waals surface area contributed by atoms with Gasteiger partial charge in [0.15, 0.2) is 0 Å². The zero-order chi connectivity index (χ0) is 13.2. The summed E-state index contributed by atoms with van der Waals surface area (Å²) < 4.78 is 0. The lowest BCUT2D eigenvalue weighted by atomic mass is 9.78. The van der Waals surface area contributed by atoms with Gasteiger partial charge in [0.05, 0.1) is 4.92 Å². The van der Waals surface area contributed by atoms with Crippen LogP contribution in [-0.2, 0) is 0 Å². The summed E-state index contributed by atoms with van der Waals surface area (Å²) in [6, 6.07) is 6.49. The second-order valence-electron chi connectivity index (χ2n) is 4.64. The van der Waals surface area contributed by atoms with E-state index in [-0.39, 0.29) is 16.8 Å². The number of hydrogen-bond donors (Lipinski definition) is 2. The Kier molecular flexibility index (Phi) is 3.17. The molecule has 0 aromatic heterocycles. The summed E-state index contributed by atoms with van der Waals surface area (Å²) in [5.41, 5.74) is 6.02. The Labute approximate surface area is 105 Å². The Bertz CT molecular complexity index is 517. The van der Waals surface area contributed by atoms with Crippen molar-refractivity contribution in [2.75, 3.05) is 11.9 Å². The van der Waals surface area contributed by atoms with Gasteiger partial charge in [-0.15, -0.1) is 0 Å². The number of nitro groups is 1. The predicted octanol–water partition coefficient (Wildman–Crippen LogP) is 1.76. The largest absolute Gasteiger partial charge is 0.378 e. The van der Waals surface area contributed by atoms with Crippen molar-refractivity contribution in [1.82, 2.24) is 0 Å². The third kappa shape index (κ3) is 2.26. The van der Waals surface area contributed by atoms with Gasteiger partial charge < -0.3 is 11.1 Å². The third-order valence-corrected chi connectivity index (χ3v) is 3.32. The van der Waals surface area contributed by atoms with Crippen LogP contribution in [0, 0.1) is 21.4 Å². The number of nitrogens with zero attached hydrogens (tertiary/aromatic N) is 2. The number of para-hydroxylation sites is 1. The number of hydrogen-bond acceptors (Lipinski definition) is 5. The van der Waals surface area contributed by atoms with E-state index in [2.05, 4.69) is 5.32 Å². The number of rotatable bonds is 4. The SMILES string of the molecule is N#Cc1cccc(NCC2(N)CCC2)c1[N+](=O)[O-]. The van der Waals surface area contributed by atoms with E-state index in [1.165, 1.54) is 6.07 Å². The second kappa shape index (κ2) is 4.63. The predicted molar refractivity (Wildman–Crippen MR) is 67.1 cm³/mol. The normalized spacial score (nSPS) is 16.4. The smallest absolute Gasteiger partial charge is 0.309 e. The summed E-state index contributed by atoms with van der Waals surface area (Å²) in [5, 5.41) is 22.9. The molecule has 1 fully saturated rings. The van der Waals surface area contributed by atoms with Crippen molar-refractivity contribution in [3.05, 3.63) is 33.9 Å². The first-order chi connectivity index (χ1) is 8.56. The van der Waals surface area contributed by atoms with Crippen LogP contribution in [0.5, 0.6) is 0 Å². The van der Waals surface area contributed by atoms with Crippen LogP contribution in [0.1, 0.15) is 24.8 Å². The van der Waals surface area contributed by atoms with Gasteiger partial charge in [-0.3, -0.25) is 10.1 Å². The molecule has 1 aromatic carbocycles. The molecule has 0 radical (unpaired) electrons. The van der Waals surface area contributed by atoms with E-state index in [0.29, 0.717) is 12.2 Å². The van der Waals surface area contributed by atoms with Gasteiger partial charge in [0, 0.05) is 12.1 Å². The van der Waals surface area contributed by atoms with Gasteiger partial charge in [-0.25, -0.2) is 0 Å². The van der Waals surface area contributed by atoms with E-state index < -0.39 is 4.92 Å². The summed E-state index contributed by atoms with van der Waals surface area (Å²) in [4.78, 5) is 10.5. The quantitative estimate of drug-likeness (QED) is 0.622. The number of nitriles is 1. The third-order valence-electron chi connectivity index (χ3n) is 3.32. The molecule has 0 bridgehead atoms. The summed E-state index contributed by atoms with van der Waals surface area (Å²) in [5.74, 6) is 0. The molecular weight excluding hydrogens is 232 g/mol. The lowest BCUT2D eigenvalue weighted by Gasteiger charge is -2.38. The standard InChI is InChI=1S/C12H14N4O2/c13-7-9-3-1-4-10(11(9)16(17)18)15-8-12(14)5-2-6-12/h1,3-4,15H,2,5-6,8,14H2. The fourth-order valence-electron chi connectivity index (χ4n) is 2.05. The van der Waals surface area contributed by atoms with Crippen molar-refractivity contribution >= 4 is 11.4 Å². The first kappa shape index (κ1) is 12.3. The molecule has 1 aliphatic rings. The summed E-state index contributed by atoms with van der Waals surface area (Å²) in [6.45, 7) is 0.489. The minimum Gasteiger partial charge on any atom is -0.378 e. The van der Waals surface area contributed by atoms with Crippen LogP contribution in [0.2, 0.25) is 0 Å². The highest BCUT2D eigenvalue weighted by molar-refractivity contribution is 5.68. The van der Waals surface area contributed by atoms with Crippen molar-refractivity contribution in [2.45, 2.75) is 24.8 Å². The molecule has 0 saturated heterocycles. The zero-order valence-corrected chi connectivity index (χ0v) is 9.85. The van der Waals surface area contributed by atoms with Crippen LogP contribution in [0.15, 0.2) is 18.2 Å². The van der Waals surface area contributed by atoms with E-state index >= 15 is 0 Å². The highest BCUT2D eigenvalue weighted by atomic mass is 16.6. The molecule has 0 spiro atoms. The maximum atomic E-state index is 11.0. The maximum absolute atomic E-state index is 11.0. The van der Waals surface area contributed by atoms with E-state index in [1.807, 2.05) is 6.07 Å². The zero-order valence-electron chi connectivity index (χ0n) is 9.85. The highest BCUT2D eigenvalue weighted by Gasteiger charge is 2.33. The maximum Gasteiger partial charge on any atom is 0.309 e. The molecular formula is C12H14N4O2. The second-order valence-corrected chi connectivity index (χ2v) is 4.64. The molecule has 1 saturated carbocycles. The van der Waals surface area contributed by atoms with Gasteiger partial charge in [0.2, 0.25) is 0 Å². The molecule has 0 aliphatic heterocycles. The molecule has 1 aliphatic carbocycles. The van der Waals surface area contributed by atoms with Crippen LogP contribution in [0.4, 0.5) is 11.4 Å². The Morgan fingerprint density at radius 3 is 2.78 bits per heavy atom. The lowest BCUT2D eigenvalue weighted by molar-refractivity contribution is -0.384. The van der Waals surface area contributed by atoms with Crippen molar-refractivity contribution in [1.29, 1.82) is 5.26 Å². The number of nitro benzene ring substituents is 1. The van der Waals surface area contributed by atoms with Gasteiger partial charge in [0.25, 0.3) is 0 Å². The Morgan fingerprint density at radius 2 is 2.28 bits per heavy atom. The number of nitrogens with two attached hydrogens (primary N) is 1. The Balaban J connectivity index is 2.22. The topological polar surface area (TPSA) is 105 Å². The van der Waals surface area contributed by atoms with Crippen LogP contribution in [0.3, 0.4) is 0 Å². The molecule has 6 heteroatoms. The minimum absolute atomic E-state index is 0.0599. The van der Waals surface area contributed by atoms with Crippen LogP contribution < -0.4 is 11.1 Å². The molecule has 0 atom stereocenters. The van der Waals surface area contributed by atoms with E-state index in [1.54, 1.807) is 12.1 Å². The molecule has 0 heterocycles. The van der Waals surface area contributed by atoms with E-state index in [0.717, 1.165) is 19.3 Å². The first-order valence-corrected chi connectivity index (χ1v) is 5.76. The van der Waals surface area contributed by atoms with Crippen molar-refractivity contribution in [2.24, 2.45) is 5.73 Å². The molecule has 0 amide bonds. The lowest BCUT2D eigenvalue weighted by Crippen LogP contribution is -2.52. The monoisotopic (exact) mass is 246 g/mol.